The van der Waals surface area contributed by atoms with E-state index in [2.05, 4.69) is 56.9 Å². The Labute approximate surface area is 146 Å². The van der Waals surface area contributed by atoms with Crippen molar-refractivity contribution in [1.29, 1.82) is 0 Å². The molecule has 0 spiro atoms. The molecule has 1 N–H and O–H groups in total. The second-order valence-electron chi connectivity index (χ2n) is 7.34. The molecule has 2 rings (SSSR count). The summed E-state index contributed by atoms with van der Waals surface area (Å²) in [6, 6.07) is 2.20. The maximum absolute atomic E-state index is 9.71. The molecule has 2 aromatic rings. The van der Waals surface area contributed by atoms with Crippen LogP contribution in [0.2, 0.25) is 0 Å². The van der Waals surface area contributed by atoms with Crippen LogP contribution in [0.3, 0.4) is 0 Å². The lowest BCUT2D eigenvalue weighted by Gasteiger charge is -2.26. The van der Waals surface area contributed by atoms with Crippen LogP contribution in [-0.2, 0) is 26.7 Å². The fourth-order valence-electron chi connectivity index (χ4n) is 3.50. The summed E-state index contributed by atoms with van der Waals surface area (Å²) in [5.41, 5.74) is 7.37. The lowest BCUT2D eigenvalue weighted by Crippen LogP contribution is -2.28. The number of aryl methyl sites for hydroxylation is 3. The summed E-state index contributed by atoms with van der Waals surface area (Å²) in [6.45, 7) is 13.8. The molecule has 0 aliphatic heterocycles. The zero-order valence-corrected chi connectivity index (χ0v) is 15.9. The maximum Gasteiger partial charge on any atom is 0.0687 e. The van der Waals surface area contributed by atoms with Crippen molar-refractivity contribution in [3.63, 3.8) is 0 Å². The first-order valence-corrected chi connectivity index (χ1v) is 8.71. The van der Waals surface area contributed by atoms with Crippen molar-refractivity contribution in [3.05, 3.63) is 51.8 Å². The molecule has 1 aromatic carbocycles. The summed E-state index contributed by atoms with van der Waals surface area (Å²) in [5, 5.41) is 14.0. The van der Waals surface area contributed by atoms with Crippen molar-refractivity contribution in [2.45, 2.75) is 54.3 Å². The Bertz CT molecular complexity index is 688. The molecular weight excluding hydrogens is 298 g/mol. The van der Waals surface area contributed by atoms with E-state index in [-0.39, 0.29) is 6.61 Å². The van der Waals surface area contributed by atoms with Crippen LogP contribution in [-0.4, -0.2) is 26.3 Å². The molecule has 24 heavy (non-hydrogen) atoms. The minimum Gasteiger partial charge on any atom is -0.392 e. The predicted octanol–water partition coefficient (Wildman–Crippen LogP) is 3.50. The number of rotatable bonds is 7. The van der Waals surface area contributed by atoms with Crippen LogP contribution >= 0.6 is 0 Å². The van der Waals surface area contributed by atoms with Gasteiger partial charge in [0.25, 0.3) is 0 Å². The molecular formula is C20H31N3O. The number of aliphatic hydroxyl groups excluding tert-OH is 1. The number of benzene rings is 1. The third kappa shape index (κ3) is 4.46. The zero-order valence-electron chi connectivity index (χ0n) is 15.9. The summed E-state index contributed by atoms with van der Waals surface area (Å²) in [6.07, 6.45) is 4.03. The Balaban J connectivity index is 2.29. The fourth-order valence-corrected chi connectivity index (χ4v) is 3.50. The van der Waals surface area contributed by atoms with Gasteiger partial charge in [-0.2, -0.15) is 5.10 Å². The highest BCUT2D eigenvalue weighted by Gasteiger charge is 2.16. The zero-order chi connectivity index (χ0) is 17.9. The van der Waals surface area contributed by atoms with Crippen molar-refractivity contribution in [3.8, 4) is 0 Å². The van der Waals surface area contributed by atoms with Crippen molar-refractivity contribution in [2.75, 3.05) is 6.54 Å². The molecule has 4 heteroatoms. The van der Waals surface area contributed by atoms with Crippen LogP contribution in [0.1, 0.15) is 47.2 Å². The largest absolute Gasteiger partial charge is 0.392 e. The molecule has 0 bridgehead atoms. The molecule has 1 heterocycles. The van der Waals surface area contributed by atoms with Gasteiger partial charge < -0.3 is 5.11 Å². The Kier molecular flexibility index (Phi) is 6.19. The van der Waals surface area contributed by atoms with Gasteiger partial charge in [-0.15, -0.1) is 0 Å². The number of aliphatic hydroxyl groups is 1. The van der Waals surface area contributed by atoms with Gasteiger partial charge in [0.2, 0.25) is 0 Å². The molecule has 4 nitrogen and oxygen atoms in total. The molecule has 0 saturated heterocycles. The first-order chi connectivity index (χ1) is 11.3. The Hall–Kier alpha value is -1.65. The quantitative estimate of drug-likeness (QED) is 0.845. The topological polar surface area (TPSA) is 41.3 Å². The molecule has 0 aliphatic carbocycles. The molecule has 0 saturated carbocycles. The molecule has 0 atom stereocenters. The van der Waals surface area contributed by atoms with E-state index in [1.807, 2.05) is 17.9 Å². The van der Waals surface area contributed by atoms with E-state index >= 15 is 0 Å². The van der Waals surface area contributed by atoms with Gasteiger partial charge in [-0.1, -0.05) is 19.9 Å². The monoisotopic (exact) mass is 329 g/mol. The van der Waals surface area contributed by atoms with Crippen molar-refractivity contribution < 1.29 is 5.11 Å². The van der Waals surface area contributed by atoms with E-state index in [0.717, 1.165) is 25.2 Å². The van der Waals surface area contributed by atoms with Gasteiger partial charge in [0.1, 0.15) is 0 Å². The normalized spacial score (nSPS) is 11.7. The smallest absolute Gasteiger partial charge is 0.0687 e. The number of hydrogen-bond acceptors (Lipinski definition) is 3. The van der Waals surface area contributed by atoms with Crippen LogP contribution in [0.5, 0.6) is 0 Å². The van der Waals surface area contributed by atoms with Crippen LogP contribution < -0.4 is 0 Å². The number of aromatic nitrogens is 2. The summed E-state index contributed by atoms with van der Waals surface area (Å²) in [4.78, 5) is 2.48. The second-order valence-corrected chi connectivity index (χ2v) is 7.34. The highest BCUT2D eigenvalue weighted by atomic mass is 16.3. The van der Waals surface area contributed by atoms with Crippen molar-refractivity contribution in [1.82, 2.24) is 14.7 Å². The maximum atomic E-state index is 9.71. The fraction of sp³-hybridized carbons (Fsp3) is 0.550. The van der Waals surface area contributed by atoms with Gasteiger partial charge in [-0.3, -0.25) is 9.58 Å². The average Bonchev–Trinajstić information content (AvgIpc) is 2.88. The molecule has 0 fully saturated rings. The van der Waals surface area contributed by atoms with Crippen LogP contribution in [0, 0.1) is 26.7 Å². The first kappa shape index (κ1) is 18.7. The Morgan fingerprint density at radius 3 is 2.33 bits per heavy atom. The third-order valence-corrected chi connectivity index (χ3v) is 4.62. The standard InChI is InChI=1S/C20H31N3O/c1-14(2)9-23(11-18-8-21-22(6)10-18)12-19-15(3)7-16(4)20(13-24)17(19)5/h7-8,10,14,24H,9,11-13H2,1-6H3. The van der Waals surface area contributed by atoms with E-state index in [1.54, 1.807) is 0 Å². The molecule has 1 aromatic heterocycles. The lowest BCUT2D eigenvalue weighted by atomic mass is 9.93. The van der Waals surface area contributed by atoms with Crippen LogP contribution in [0.4, 0.5) is 0 Å². The first-order valence-electron chi connectivity index (χ1n) is 8.71. The molecule has 0 unspecified atom stereocenters. The van der Waals surface area contributed by atoms with Crippen LogP contribution in [0.15, 0.2) is 18.5 Å². The van der Waals surface area contributed by atoms with Gasteiger partial charge in [0, 0.05) is 38.4 Å². The van der Waals surface area contributed by atoms with E-state index in [4.69, 9.17) is 0 Å². The number of hydrogen-bond donors (Lipinski definition) is 1. The predicted molar refractivity (Wildman–Crippen MR) is 98.7 cm³/mol. The van der Waals surface area contributed by atoms with E-state index in [0.29, 0.717) is 5.92 Å². The molecule has 0 aliphatic rings. The molecule has 132 valence electrons. The minimum atomic E-state index is 0.109. The van der Waals surface area contributed by atoms with Gasteiger partial charge in [0.05, 0.1) is 12.8 Å². The molecule has 0 radical (unpaired) electrons. The minimum absolute atomic E-state index is 0.109. The van der Waals surface area contributed by atoms with E-state index in [1.165, 1.54) is 27.8 Å². The van der Waals surface area contributed by atoms with Crippen LogP contribution in [0.25, 0.3) is 0 Å². The summed E-state index contributed by atoms with van der Waals surface area (Å²) >= 11 is 0. The SMILES string of the molecule is Cc1cc(C)c(CN(Cc2cnn(C)c2)CC(C)C)c(C)c1CO. The second kappa shape index (κ2) is 7.95. The van der Waals surface area contributed by atoms with Gasteiger partial charge in [0.15, 0.2) is 0 Å². The van der Waals surface area contributed by atoms with Gasteiger partial charge in [-0.05, 0) is 54.5 Å². The van der Waals surface area contributed by atoms with Gasteiger partial charge in [-0.25, -0.2) is 0 Å². The highest BCUT2D eigenvalue weighted by Crippen LogP contribution is 2.24. The van der Waals surface area contributed by atoms with Gasteiger partial charge >= 0.3 is 0 Å². The third-order valence-electron chi connectivity index (χ3n) is 4.62. The summed E-state index contributed by atoms with van der Waals surface area (Å²) < 4.78 is 1.86. The Morgan fingerprint density at radius 2 is 1.79 bits per heavy atom. The summed E-state index contributed by atoms with van der Waals surface area (Å²) in [7, 11) is 1.96. The highest BCUT2D eigenvalue weighted by molar-refractivity contribution is 5.44. The average molecular weight is 329 g/mol. The van der Waals surface area contributed by atoms with E-state index in [9.17, 15) is 5.11 Å². The Morgan fingerprint density at radius 1 is 1.12 bits per heavy atom. The van der Waals surface area contributed by atoms with Crippen molar-refractivity contribution in [2.24, 2.45) is 13.0 Å². The van der Waals surface area contributed by atoms with E-state index < -0.39 is 0 Å². The summed E-state index contributed by atoms with van der Waals surface area (Å²) in [5.74, 6) is 0.602. The van der Waals surface area contributed by atoms with Crippen molar-refractivity contribution >= 4 is 0 Å². The number of nitrogens with zero attached hydrogens (tertiary/aromatic N) is 3. The molecule has 0 amide bonds. The lowest BCUT2D eigenvalue weighted by molar-refractivity contribution is 0.226.